The first kappa shape index (κ1) is 17.2. The van der Waals surface area contributed by atoms with Crippen LogP contribution in [0.5, 0.6) is 0 Å². The van der Waals surface area contributed by atoms with Gasteiger partial charge in [0, 0.05) is 13.1 Å². The van der Waals surface area contributed by atoms with E-state index in [1.165, 1.54) is 11.8 Å². The molecule has 2 heterocycles. The first-order valence-corrected chi connectivity index (χ1v) is 8.85. The number of hydrogen-bond donors (Lipinski definition) is 1. The topological polar surface area (TPSA) is 77.6 Å². The van der Waals surface area contributed by atoms with E-state index in [9.17, 15) is 4.79 Å². The Hall–Kier alpha value is -2.61. The van der Waals surface area contributed by atoms with Crippen molar-refractivity contribution in [2.45, 2.75) is 25.9 Å². The molecule has 0 radical (unpaired) electrons. The highest BCUT2D eigenvalue weighted by Crippen LogP contribution is 2.24. The minimum absolute atomic E-state index is 0.106. The van der Waals surface area contributed by atoms with Crippen LogP contribution in [-0.4, -0.2) is 36.2 Å². The quantitative estimate of drug-likeness (QED) is 0.711. The van der Waals surface area contributed by atoms with Gasteiger partial charge in [-0.3, -0.25) is 14.0 Å². The average Bonchev–Trinajstić information content (AvgIpc) is 3.08. The fourth-order valence-electron chi connectivity index (χ4n) is 2.56. The number of anilines is 1. The van der Waals surface area contributed by atoms with E-state index in [4.69, 9.17) is 0 Å². The van der Waals surface area contributed by atoms with Gasteiger partial charge in [0.05, 0.1) is 17.1 Å². The molecule has 0 bridgehead atoms. The monoisotopic (exact) mass is 356 g/mol. The Morgan fingerprint density at radius 1 is 1.20 bits per heavy atom. The first-order chi connectivity index (χ1) is 12.0. The Morgan fingerprint density at radius 3 is 2.64 bits per heavy atom. The maximum absolute atomic E-state index is 12.2. The maximum Gasteiger partial charge on any atom is 0.235 e. The molecule has 0 saturated heterocycles. The van der Waals surface area contributed by atoms with Gasteiger partial charge in [0.25, 0.3) is 0 Å². The van der Waals surface area contributed by atoms with E-state index < -0.39 is 0 Å². The number of benzene rings is 1. The van der Waals surface area contributed by atoms with Gasteiger partial charge in [-0.15, -0.1) is 10.2 Å². The summed E-state index contributed by atoms with van der Waals surface area (Å²) in [6, 6.07) is 9.87. The number of hydrogen-bond acceptors (Lipinski definition) is 5. The first-order valence-electron chi connectivity index (χ1n) is 7.87. The molecule has 1 amide bonds. The van der Waals surface area contributed by atoms with Gasteiger partial charge in [-0.2, -0.15) is 5.10 Å². The van der Waals surface area contributed by atoms with E-state index >= 15 is 0 Å². The lowest BCUT2D eigenvalue weighted by Gasteiger charge is -2.11. The third kappa shape index (κ3) is 3.74. The summed E-state index contributed by atoms with van der Waals surface area (Å²) in [5.41, 5.74) is 3.01. The van der Waals surface area contributed by atoms with Gasteiger partial charge in [0.2, 0.25) is 5.91 Å². The second-order valence-corrected chi connectivity index (χ2v) is 6.73. The predicted octanol–water partition coefficient (Wildman–Crippen LogP) is 2.66. The lowest BCUT2D eigenvalue weighted by atomic mass is 10.2. The van der Waals surface area contributed by atoms with Gasteiger partial charge < -0.3 is 5.32 Å². The zero-order valence-electron chi connectivity index (χ0n) is 14.6. The fraction of sp³-hybridized carbons (Fsp3) is 0.294. The van der Waals surface area contributed by atoms with Crippen LogP contribution in [0.4, 0.5) is 5.82 Å². The molecule has 8 heteroatoms. The summed E-state index contributed by atoms with van der Waals surface area (Å²) in [7, 11) is 1.80. The summed E-state index contributed by atoms with van der Waals surface area (Å²) in [6.45, 7) is 5.83. The smallest absolute Gasteiger partial charge is 0.235 e. The summed E-state index contributed by atoms with van der Waals surface area (Å²) < 4.78 is 3.62. The molecule has 7 nitrogen and oxygen atoms in total. The Balaban J connectivity index is 1.73. The largest absolute Gasteiger partial charge is 0.310 e. The predicted molar refractivity (Wildman–Crippen MR) is 98.1 cm³/mol. The van der Waals surface area contributed by atoms with Crippen LogP contribution in [0.25, 0.3) is 5.69 Å². The van der Waals surface area contributed by atoms with E-state index in [0.717, 1.165) is 22.8 Å². The fourth-order valence-corrected chi connectivity index (χ4v) is 3.36. The van der Waals surface area contributed by atoms with Crippen molar-refractivity contribution in [1.29, 1.82) is 0 Å². The normalized spacial score (nSPS) is 10.9. The molecule has 25 heavy (non-hydrogen) atoms. The molecule has 1 aromatic carbocycles. The summed E-state index contributed by atoms with van der Waals surface area (Å²) in [5.74, 6) is 1.61. The third-order valence-corrected chi connectivity index (χ3v) is 4.68. The van der Waals surface area contributed by atoms with Crippen LogP contribution in [-0.2, 0) is 11.8 Å². The van der Waals surface area contributed by atoms with Gasteiger partial charge in [0.15, 0.2) is 5.16 Å². The molecule has 2 aromatic heterocycles. The molecular weight excluding hydrogens is 336 g/mol. The molecular formula is C17H20N6OS. The number of rotatable bonds is 5. The van der Waals surface area contributed by atoms with Crippen molar-refractivity contribution in [1.82, 2.24) is 24.5 Å². The van der Waals surface area contributed by atoms with Crippen LogP contribution in [0.2, 0.25) is 0 Å². The van der Waals surface area contributed by atoms with Crippen LogP contribution in [0.15, 0.2) is 35.5 Å². The number of para-hydroxylation sites is 1. The van der Waals surface area contributed by atoms with E-state index in [0.29, 0.717) is 11.0 Å². The van der Waals surface area contributed by atoms with Crippen LogP contribution in [0.1, 0.15) is 17.1 Å². The van der Waals surface area contributed by atoms with Gasteiger partial charge in [-0.25, -0.2) is 0 Å². The number of aromatic nitrogens is 5. The molecule has 0 spiro atoms. The molecule has 130 valence electrons. The molecule has 1 N–H and O–H groups in total. The van der Waals surface area contributed by atoms with Crippen LogP contribution in [0, 0.1) is 20.8 Å². The van der Waals surface area contributed by atoms with Crippen LogP contribution in [0.3, 0.4) is 0 Å². The van der Waals surface area contributed by atoms with Crippen molar-refractivity contribution >= 4 is 23.5 Å². The second-order valence-electron chi connectivity index (χ2n) is 5.78. The number of carbonyl (C=O) groups is 1. The van der Waals surface area contributed by atoms with Crippen LogP contribution < -0.4 is 5.32 Å². The summed E-state index contributed by atoms with van der Waals surface area (Å²) >= 11 is 1.36. The molecule has 0 unspecified atom stereocenters. The van der Waals surface area contributed by atoms with Crippen molar-refractivity contribution in [3.63, 3.8) is 0 Å². The second kappa shape index (κ2) is 7.10. The van der Waals surface area contributed by atoms with Crippen molar-refractivity contribution in [2.75, 3.05) is 11.1 Å². The summed E-state index contributed by atoms with van der Waals surface area (Å²) in [5, 5.41) is 16.1. The van der Waals surface area contributed by atoms with E-state index in [2.05, 4.69) is 20.6 Å². The third-order valence-electron chi connectivity index (χ3n) is 3.75. The number of thioether (sulfide) groups is 1. The van der Waals surface area contributed by atoms with Crippen molar-refractivity contribution in [3.05, 3.63) is 47.4 Å². The number of carbonyl (C=O) groups excluding carboxylic acids is 1. The number of nitrogens with zero attached hydrogens (tertiary/aromatic N) is 5. The Morgan fingerprint density at radius 2 is 1.96 bits per heavy atom. The zero-order valence-corrected chi connectivity index (χ0v) is 15.5. The van der Waals surface area contributed by atoms with E-state index in [1.807, 2.05) is 55.7 Å². The minimum Gasteiger partial charge on any atom is -0.310 e. The number of amides is 1. The highest BCUT2D eigenvalue weighted by atomic mass is 32.2. The van der Waals surface area contributed by atoms with Crippen molar-refractivity contribution < 1.29 is 4.79 Å². The van der Waals surface area contributed by atoms with Crippen molar-refractivity contribution in [2.24, 2.45) is 7.05 Å². The standard InChI is InChI=1S/C17H20N6OS/c1-11-7-5-6-8-14(11)23-13(3)19-20-17(23)25-10-16(24)18-15-9-12(2)21-22(15)4/h5-9H,10H2,1-4H3,(H,18,24). The SMILES string of the molecule is Cc1cc(NC(=O)CSc2nnc(C)n2-c2ccccc2C)n(C)n1. The molecule has 0 aliphatic rings. The van der Waals surface area contributed by atoms with Gasteiger partial charge in [-0.1, -0.05) is 30.0 Å². The Kier molecular flexibility index (Phi) is 4.89. The van der Waals surface area contributed by atoms with Gasteiger partial charge in [0.1, 0.15) is 11.6 Å². The van der Waals surface area contributed by atoms with Crippen molar-refractivity contribution in [3.8, 4) is 5.69 Å². The molecule has 0 aliphatic heterocycles. The maximum atomic E-state index is 12.2. The summed E-state index contributed by atoms with van der Waals surface area (Å²) in [6.07, 6.45) is 0. The Labute approximate surface area is 150 Å². The van der Waals surface area contributed by atoms with Crippen LogP contribution >= 0.6 is 11.8 Å². The molecule has 0 fully saturated rings. The minimum atomic E-state index is -0.106. The molecule has 0 saturated carbocycles. The molecule has 3 rings (SSSR count). The lowest BCUT2D eigenvalue weighted by molar-refractivity contribution is -0.113. The zero-order chi connectivity index (χ0) is 18.0. The average molecular weight is 356 g/mol. The molecule has 0 aliphatic carbocycles. The summed E-state index contributed by atoms with van der Waals surface area (Å²) in [4.78, 5) is 12.2. The highest BCUT2D eigenvalue weighted by molar-refractivity contribution is 7.99. The van der Waals surface area contributed by atoms with Gasteiger partial charge >= 0.3 is 0 Å². The lowest BCUT2D eigenvalue weighted by Crippen LogP contribution is -2.16. The van der Waals surface area contributed by atoms with E-state index in [1.54, 1.807) is 11.7 Å². The Bertz CT molecular complexity index is 914. The highest BCUT2D eigenvalue weighted by Gasteiger charge is 2.15. The van der Waals surface area contributed by atoms with Gasteiger partial charge in [-0.05, 0) is 32.4 Å². The molecule has 3 aromatic rings. The number of aryl methyl sites for hydroxylation is 4. The number of nitrogens with one attached hydrogen (secondary N) is 1. The van der Waals surface area contributed by atoms with E-state index in [-0.39, 0.29) is 11.7 Å². The molecule has 0 atom stereocenters.